The van der Waals surface area contributed by atoms with Crippen LogP contribution < -0.4 is 5.32 Å². The molecule has 6 nitrogen and oxygen atoms in total. The first-order valence-corrected chi connectivity index (χ1v) is 8.74. The summed E-state index contributed by atoms with van der Waals surface area (Å²) < 4.78 is 24.9. The average molecular weight is 313 g/mol. The highest BCUT2D eigenvalue weighted by Crippen LogP contribution is 2.07. The lowest BCUT2D eigenvalue weighted by Crippen LogP contribution is -2.37. The van der Waals surface area contributed by atoms with Gasteiger partial charge in [-0.1, -0.05) is 13.8 Å². The smallest absolute Gasteiger partial charge is 0.220 e. The molecule has 0 aliphatic rings. The van der Waals surface area contributed by atoms with E-state index in [1.54, 1.807) is 24.5 Å². The predicted molar refractivity (Wildman–Crippen MR) is 82.0 cm³/mol. The Kier molecular flexibility index (Phi) is 6.77. The van der Waals surface area contributed by atoms with E-state index in [4.69, 9.17) is 0 Å². The molecule has 0 aromatic carbocycles. The van der Waals surface area contributed by atoms with Crippen LogP contribution in [0.5, 0.6) is 0 Å². The molecule has 1 rings (SSSR count). The molecule has 0 atom stereocenters. The molecule has 0 fully saturated rings. The summed E-state index contributed by atoms with van der Waals surface area (Å²) in [4.78, 5) is 15.5. The fourth-order valence-electron chi connectivity index (χ4n) is 1.82. The number of carbonyl (C=O) groups excluding carboxylic acids is 1. The molecule has 1 N–H and O–H groups in total. The summed E-state index contributed by atoms with van der Waals surface area (Å²) >= 11 is 0. The molecule has 0 saturated carbocycles. The van der Waals surface area contributed by atoms with Gasteiger partial charge in [0.25, 0.3) is 0 Å². The third-order valence-corrected chi connectivity index (χ3v) is 4.10. The highest BCUT2D eigenvalue weighted by atomic mass is 32.2. The van der Waals surface area contributed by atoms with Crippen LogP contribution in [0.25, 0.3) is 0 Å². The number of rotatable bonds is 8. The number of amides is 1. The molecular formula is C14H23N3O3S. The minimum atomic E-state index is -3.32. The van der Waals surface area contributed by atoms with Gasteiger partial charge in [0.15, 0.2) is 0 Å². The third kappa shape index (κ3) is 7.19. The zero-order valence-corrected chi connectivity index (χ0v) is 13.6. The summed E-state index contributed by atoms with van der Waals surface area (Å²) in [6.45, 7) is 4.77. The van der Waals surface area contributed by atoms with Gasteiger partial charge >= 0.3 is 0 Å². The van der Waals surface area contributed by atoms with Gasteiger partial charge in [-0.05, 0) is 23.6 Å². The van der Waals surface area contributed by atoms with Crippen LogP contribution in [0.2, 0.25) is 0 Å². The Labute approximate surface area is 126 Å². The van der Waals surface area contributed by atoms with Gasteiger partial charge in [-0.3, -0.25) is 9.78 Å². The second-order valence-electron chi connectivity index (χ2n) is 5.40. The topological polar surface area (TPSA) is 79.4 Å². The fraction of sp³-hybridized carbons (Fsp3) is 0.571. The van der Waals surface area contributed by atoms with Gasteiger partial charge in [-0.2, -0.15) is 4.31 Å². The maximum atomic E-state index is 11.8. The molecule has 0 bridgehead atoms. The van der Waals surface area contributed by atoms with Gasteiger partial charge in [0, 0.05) is 38.4 Å². The van der Waals surface area contributed by atoms with Crippen LogP contribution >= 0.6 is 0 Å². The molecule has 1 aromatic rings. The lowest BCUT2D eigenvalue weighted by Gasteiger charge is -2.20. The first-order chi connectivity index (χ1) is 9.79. The molecule has 0 spiro atoms. The highest BCUT2D eigenvalue weighted by molar-refractivity contribution is 7.88. The van der Waals surface area contributed by atoms with Gasteiger partial charge < -0.3 is 5.32 Å². The SMILES string of the molecule is CC(C)CC(=O)NCCN(Cc1ccncc1)S(C)(=O)=O. The van der Waals surface area contributed by atoms with E-state index in [1.807, 2.05) is 13.8 Å². The minimum absolute atomic E-state index is 0.0534. The molecule has 1 heterocycles. The van der Waals surface area contributed by atoms with E-state index in [9.17, 15) is 13.2 Å². The second-order valence-corrected chi connectivity index (χ2v) is 7.38. The van der Waals surface area contributed by atoms with E-state index in [-0.39, 0.29) is 24.9 Å². The van der Waals surface area contributed by atoms with E-state index < -0.39 is 10.0 Å². The number of sulfonamides is 1. The summed E-state index contributed by atoms with van der Waals surface area (Å²) in [5.74, 6) is 0.232. The number of nitrogens with zero attached hydrogens (tertiary/aromatic N) is 2. The number of aromatic nitrogens is 1. The number of nitrogens with one attached hydrogen (secondary N) is 1. The summed E-state index contributed by atoms with van der Waals surface area (Å²) in [5.41, 5.74) is 0.865. The van der Waals surface area contributed by atoms with E-state index in [0.29, 0.717) is 13.0 Å². The molecule has 0 aliphatic heterocycles. The first kappa shape index (κ1) is 17.6. The minimum Gasteiger partial charge on any atom is -0.355 e. The average Bonchev–Trinajstić information content (AvgIpc) is 2.36. The monoisotopic (exact) mass is 313 g/mol. The molecule has 0 saturated heterocycles. The van der Waals surface area contributed by atoms with Gasteiger partial charge in [-0.15, -0.1) is 0 Å². The van der Waals surface area contributed by atoms with Gasteiger partial charge in [-0.25, -0.2) is 8.42 Å². The van der Waals surface area contributed by atoms with E-state index in [0.717, 1.165) is 5.56 Å². The molecule has 21 heavy (non-hydrogen) atoms. The number of hydrogen-bond donors (Lipinski definition) is 1. The Morgan fingerprint density at radius 2 is 1.95 bits per heavy atom. The predicted octanol–water partition coefficient (Wildman–Crippen LogP) is 1.01. The Balaban J connectivity index is 2.54. The number of pyridine rings is 1. The van der Waals surface area contributed by atoms with Gasteiger partial charge in [0.1, 0.15) is 0 Å². The van der Waals surface area contributed by atoms with Crippen molar-refractivity contribution >= 4 is 15.9 Å². The maximum Gasteiger partial charge on any atom is 0.220 e. The summed E-state index contributed by atoms with van der Waals surface area (Å²) in [5, 5.41) is 2.74. The lowest BCUT2D eigenvalue weighted by molar-refractivity contribution is -0.121. The van der Waals surface area contributed by atoms with Crippen molar-refractivity contribution in [1.82, 2.24) is 14.6 Å². The molecule has 7 heteroatoms. The Bertz CT molecular complexity index is 544. The van der Waals surface area contributed by atoms with Crippen molar-refractivity contribution in [2.24, 2.45) is 5.92 Å². The summed E-state index contributed by atoms with van der Waals surface area (Å²) in [7, 11) is -3.32. The van der Waals surface area contributed by atoms with Crippen LogP contribution in [0, 0.1) is 5.92 Å². The van der Waals surface area contributed by atoms with Crippen LogP contribution in [0.3, 0.4) is 0 Å². The standard InChI is InChI=1S/C14H23N3O3S/c1-12(2)10-14(18)16-8-9-17(21(3,19)20)11-13-4-6-15-7-5-13/h4-7,12H,8-11H2,1-3H3,(H,16,18). The molecular weight excluding hydrogens is 290 g/mol. The highest BCUT2D eigenvalue weighted by Gasteiger charge is 2.17. The van der Waals surface area contributed by atoms with Crippen molar-refractivity contribution < 1.29 is 13.2 Å². The molecule has 118 valence electrons. The lowest BCUT2D eigenvalue weighted by atomic mass is 10.1. The van der Waals surface area contributed by atoms with Crippen molar-refractivity contribution in [2.45, 2.75) is 26.8 Å². The van der Waals surface area contributed by atoms with Crippen molar-refractivity contribution in [3.8, 4) is 0 Å². The van der Waals surface area contributed by atoms with Crippen molar-refractivity contribution in [3.05, 3.63) is 30.1 Å². The van der Waals surface area contributed by atoms with Crippen LogP contribution in [0.15, 0.2) is 24.5 Å². The van der Waals surface area contributed by atoms with E-state index in [2.05, 4.69) is 10.3 Å². The fourth-order valence-corrected chi connectivity index (χ4v) is 2.62. The molecule has 1 amide bonds. The van der Waals surface area contributed by atoms with E-state index >= 15 is 0 Å². The quantitative estimate of drug-likeness (QED) is 0.776. The molecule has 0 unspecified atom stereocenters. The Hall–Kier alpha value is -1.47. The van der Waals surface area contributed by atoms with Crippen LogP contribution in [-0.2, 0) is 21.4 Å². The second kappa shape index (κ2) is 8.09. The largest absolute Gasteiger partial charge is 0.355 e. The van der Waals surface area contributed by atoms with Gasteiger partial charge in [0.05, 0.1) is 6.26 Å². The van der Waals surface area contributed by atoms with Crippen LogP contribution in [0.1, 0.15) is 25.8 Å². The zero-order chi connectivity index (χ0) is 15.9. The molecule has 1 aromatic heterocycles. The van der Waals surface area contributed by atoms with Crippen molar-refractivity contribution in [3.63, 3.8) is 0 Å². The normalized spacial score (nSPS) is 11.9. The maximum absolute atomic E-state index is 11.8. The Morgan fingerprint density at radius 1 is 1.33 bits per heavy atom. The number of hydrogen-bond acceptors (Lipinski definition) is 4. The van der Waals surface area contributed by atoms with Crippen LogP contribution in [0.4, 0.5) is 0 Å². The Morgan fingerprint density at radius 3 is 2.48 bits per heavy atom. The number of carbonyl (C=O) groups is 1. The summed E-state index contributed by atoms with van der Waals surface area (Å²) in [6.07, 6.45) is 4.87. The summed E-state index contributed by atoms with van der Waals surface area (Å²) in [6, 6.07) is 3.55. The van der Waals surface area contributed by atoms with Crippen molar-refractivity contribution in [2.75, 3.05) is 19.3 Å². The molecule has 0 aliphatic carbocycles. The molecule has 0 radical (unpaired) electrons. The zero-order valence-electron chi connectivity index (χ0n) is 12.7. The third-order valence-electron chi connectivity index (χ3n) is 2.85. The van der Waals surface area contributed by atoms with Crippen molar-refractivity contribution in [1.29, 1.82) is 0 Å². The van der Waals surface area contributed by atoms with E-state index in [1.165, 1.54) is 10.6 Å². The first-order valence-electron chi connectivity index (χ1n) is 6.89. The van der Waals surface area contributed by atoms with Gasteiger partial charge in [0.2, 0.25) is 15.9 Å². The van der Waals surface area contributed by atoms with Crippen LogP contribution in [-0.4, -0.2) is 43.0 Å².